The Morgan fingerprint density at radius 3 is 2.32 bits per heavy atom. The molecule has 172 valence electrons. The van der Waals surface area contributed by atoms with E-state index in [0.29, 0.717) is 28.1 Å². The molecule has 0 aliphatic carbocycles. The molecule has 1 N–H and O–H groups in total. The van der Waals surface area contributed by atoms with Gasteiger partial charge in [0.25, 0.3) is 11.8 Å². The molecule has 0 aliphatic rings. The smallest absolute Gasteiger partial charge is 0.259 e. The first-order valence-corrected chi connectivity index (χ1v) is 10.7. The predicted molar refractivity (Wildman–Crippen MR) is 131 cm³/mol. The topological polar surface area (TPSA) is 88.8 Å². The molecule has 7 heteroatoms. The highest BCUT2D eigenvalue weighted by atomic mass is 16.5. The van der Waals surface area contributed by atoms with Gasteiger partial charge in [0.2, 0.25) is 0 Å². The van der Waals surface area contributed by atoms with Gasteiger partial charge in [0.05, 0.1) is 10.9 Å². The van der Waals surface area contributed by atoms with Gasteiger partial charge in [-0.25, -0.2) is 0 Å². The first-order valence-electron chi connectivity index (χ1n) is 10.7. The van der Waals surface area contributed by atoms with Gasteiger partial charge in [0.1, 0.15) is 11.5 Å². The van der Waals surface area contributed by atoms with Gasteiger partial charge in [-0.1, -0.05) is 36.4 Å². The number of nitrogens with zero attached hydrogens (tertiary/aromatic N) is 1. The lowest BCUT2D eigenvalue weighted by Gasteiger charge is -2.12. The fraction of sp³-hybridized carbons (Fsp3) is 0.148. The molecule has 1 heterocycles. The molecule has 3 aromatic carbocycles. The number of likely N-dealkylation sites (N-methyl/N-ethyl adjacent to an activating group) is 1. The Balaban J connectivity index is 1.61. The van der Waals surface area contributed by atoms with Crippen LogP contribution in [0.3, 0.4) is 0 Å². The lowest BCUT2D eigenvalue weighted by Crippen LogP contribution is -2.27. The van der Waals surface area contributed by atoms with Gasteiger partial charge in [0.15, 0.2) is 17.6 Å². The molecule has 0 unspecified atom stereocenters. The second-order valence-electron chi connectivity index (χ2n) is 7.99. The van der Waals surface area contributed by atoms with Crippen molar-refractivity contribution in [2.75, 3.05) is 26.0 Å². The van der Waals surface area contributed by atoms with E-state index in [1.165, 1.54) is 4.90 Å². The van der Waals surface area contributed by atoms with Crippen molar-refractivity contribution in [2.45, 2.75) is 6.92 Å². The van der Waals surface area contributed by atoms with Crippen molar-refractivity contribution in [3.05, 3.63) is 94.1 Å². The summed E-state index contributed by atoms with van der Waals surface area (Å²) in [6, 6.07) is 20.9. The van der Waals surface area contributed by atoms with Crippen molar-refractivity contribution < 1.29 is 18.7 Å². The lowest BCUT2D eigenvalue weighted by molar-refractivity contribution is -0.130. The Labute approximate surface area is 196 Å². The van der Waals surface area contributed by atoms with Crippen LogP contribution in [0.5, 0.6) is 5.75 Å². The number of benzene rings is 3. The Bertz CT molecular complexity index is 1410. The van der Waals surface area contributed by atoms with Gasteiger partial charge in [-0.3, -0.25) is 14.4 Å². The highest BCUT2D eigenvalue weighted by molar-refractivity contribution is 6.11. The van der Waals surface area contributed by atoms with Crippen LogP contribution in [0.15, 0.2) is 82.0 Å². The van der Waals surface area contributed by atoms with Crippen LogP contribution in [0, 0.1) is 6.92 Å². The summed E-state index contributed by atoms with van der Waals surface area (Å²) in [7, 11) is 3.31. The molecule has 0 fully saturated rings. The van der Waals surface area contributed by atoms with Crippen LogP contribution < -0.4 is 15.5 Å². The molecule has 0 aliphatic heterocycles. The molecule has 34 heavy (non-hydrogen) atoms. The summed E-state index contributed by atoms with van der Waals surface area (Å²) in [5, 5.41) is 3.17. The van der Waals surface area contributed by atoms with E-state index in [9.17, 15) is 14.4 Å². The lowest BCUT2D eigenvalue weighted by atomic mass is 10.0. The molecule has 0 bridgehead atoms. The number of fused-ring (bicyclic) bond motifs is 1. The van der Waals surface area contributed by atoms with E-state index in [2.05, 4.69) is 5.32 Å². The minimum Gasteiger partial charge on any atom is -0.484 e. The first-order chi connectivity index (χ1) is 16.3. The largest absolute Gasteiger partial charge is 0.484 e. The molecule has 7 nitrogen and oxygen atoms in total. The summed E-state index contributed by atoms with van der Waals surface area (Å²) in [6.45, 7) is 1.65. The summed E-state index contributed by atoms with van der Waals surface area (Å²) in [5.41, 5.74) is 2.09. The molecule has 2 amide bonds. The van der Waals surface area contributed by atoms with Crippen LogP contribution in [0.2, 0.25) is 0 Å². The van der Waals surface area contributed by atoms with E-state index in [0.717, 1.165) is 5.56 Å². The van der Waals surface area contributed by atoms with Crippen LogP contribution >= 0.6 is 0 Å². The van der Waals surface area contributed by atoms with Crippen LogP contribution in [-0.4, -0.2) is 37.4 Å². The number of hydrogen-bond donors (Lipinski definition) is 1. The first kappa shape index (κ1) is 22.8. The molecule has 4 aromatic rings. The summed E-state index contributed by atoms with van der Waals surface area (Å²) >= 11 is 0. The zero-order valence-electron chi connectivity index (χ0n) is 19.1. The SMILES string of the molecule is Cc1c(-c2ccccc2)oc2c(C(=O)Nc3ccc(OCC(=O)N(C)C)cc3)cccc2c1=O. The van der Waals surface area contributed by atoms with E-state index in [1.807, 2.05) is 30.3 Å². The molecule has 0 atom stereocenters. The maximum Gasteiger partial charge on any atom is 0.259 e. The number of ether oxygens (including phenoxy) is 1. The van der Waals surface area contributed by atoms with Gasteiger partial charge in [-0.2, -0.15) is 0 Å². The van der Waals surface area contributed by atoms with Crippen LogP contribution in [0.1, 0.15) is 15.9 Å². The second kappa shape index (κ2) is 9.62. The van der Waals surface area contributed by atoms with Gasteiger partial charge in [-0.05, 0) is 43.3 Å². The van der Waals surface area contributed by atoms with Crippen LogP contribution in [0.4, 0.5) is 5.69 Å². The van der Waals surface area contributed by atoms with Crippen LogP contribution in [-0.2, 0) is 4.79 Å². The molecular weight excluding hydrogens is 432 g/mol. The monoisotopic (exact) mass is 456 g/mol. The fourth-order valence-corrected chi connectivity index (χ4v) is 3.46. The van der Waals surface area contributed by atoms with E-state index >= 15 is 0 Å². The minimum absolute atomic E-state index is 0.0725. The maximum atomic E-state index is 13.1. The Kier molecular flexibility index (Phi) is 6.45. The molecular formula is C27H24N2O5. The van der Waals surface area contributed by atoms with E-state index < -0.39 is 5.91 Å². The summed E-state index contributed by atoms with van der Waals surface area (Å²) in [5.74, 6) is 0.382. The van der Waals surface area contributed by atoms with Crippen molar-refractivity contribution in [3.63, 3.8) is 0 Å². The third-order valence-corrected chi connectivity index (χ3v) is 5.40. The third kappa shape index (κ3) is 4.68. The average molecular weight is 456 g/mol. The summed E-state index contributed by atoms with van der Waals surface area (Å²) in [4.78, 5) is 39.2. The summed E-state index contributed by atoms with van der Waals surface area (Å²) in [6.07, 6.45) is 0. The number of rotatable bonds is 6. The van der Waals surface area contributed by atoms with Gasteiger partial charge < -0.3 is 19.4 Å². The van der Waals surface area contributed by atoms with Crippen molar-refractivity contribution in [3.8, 4) is 17.1 Å². The maximum absolute atomic E-state index is 13.1. The third-order valence-electron chi connectivity index (χ3n) is 5.40. The van der Waals surface area contributed by atoms with Crippen molar-refractivity contribution in [1.82, 2.24) is 4.90 Å². The van der Waals surface area contributed by atoms with Gasteiger partial charge >= 0.3 is 0 Å². The number of anilines is 1. The standard InChI is InChI=1S/C27H24N2O5/c1-17-24(31)21-10-7-11-22(26(21)34-25(17)18-8-5-4-6-9-18)27(32)28-19-12-14-20(15-13-19)33-16-23(30)29(2)3/h4-15H,16H2,1-3H3,(H,28,32). The second-order valence-corrected chi connectivity index (χ2v) is 7.99. The van der Waals surface area contributed by atoms with Crippen molar-refractivity contribution in [1.29, 1.82) is 0 Å². The van der Waals surface area contributed by atoms with Crippen molar-refractivity contribution >= 4 is 28.5 Å². The Morgan fingerprint density at radius 2 is 1.65 bits per heavy atom. The fourth-order valence-electron chi connectivity index (χ4n) is 3.46. The highest BCUT2D eigenvalue weighted by Crippen LogP contribution is 2.28. The van der Waals surface area contributed by atoms with Gasteiger partial charge in [0, 0.05) is 30.9 Å². The van der Waals surface area contributed by atoms with Crippen molar-refractivity contribution in [2.24, 2.45) is 0 Å². The molecule has 0 saturated heterocycles. The number of para-hydroxylation sites is 1. The zero-order valence-corrected chi connectivity index (χ0v) is 19.1. The predicted octanol–water partition coefficient (Wildman–Crippen LogP) is 4.49. The van der Waals surface area contributed by atoms with E-state index in [4.69, 9.17) is 9.15 Å². The van der Waals surface area contributed by atoms with Gasteiger partial charge in [-0.15, -0.1) is 0 Å². The number of hydrogen-bond acceptors (Lipinski definition) is 5. The molecule has 0 spiro atoms. The number of nitrogens with one attached hydrogen (secondary N) is 1. The van der Waals surface area contributed by atoms with E-state index in [1.54, 1.807) is 63.5 Å². The zero-order chi connectivity index (χ0) is 24.2. The minimum atomic E-state index is -0.409. The molecule has 0 saturated carbocycles. The average Bonchev–Trinajstić information content (AvgIpc) is 2.85. The number of carbonyl (C=O) groups excluding carboxylic acids is 2. The molecule has 1 aromatic heterocycles. The number of amides is 2. The molecule has 4 rings (SSSR count). The normalized spacial score (nSPS) is 10.7. The highest BCUT2D eigenvalue weighted by Gasteiger charge is 2.18. The van der Waals surface area contributed by atoms with Crippen LogP contribution in [0.25, 0.3) is 22.3 Å². The number of carbonyl (C=O) groups is 2. The van der Waals surface area contributed by atoms with E-state index in [-0.39, 0.29) is 29.1 Å². The molecule has 0 radical (unpaired) electrons. The Morgan fingerprint density at radius 1 is 0.941 bits per heavy atom. The Hall–Kier alpha value is -4.39. The quantitative estimate of drug-likeness (QED) is 0.462. The summed E-state index contributed by atoms with van der Waals surface area (Å²) < 4.78 is 11.6.